The molecule has 0 spiro atoms. The molecule has 9 aromatic carbocycles. The summed E-state index contributed by atoms with van der Waals surface area (Å²) in [6.45, 7) is 0. The van der Waals surface area contributed by atoms with Gasteiger partial charge in [0.25, 0.3) is 0 Å². The van der Waals surface area contributed by atoms with E-state index in [-0.39, 0.29) is 0 Å². The van der Waals surface area contributed by atoms with Gasteiger partial charge in [0.05, 0.1) is 10.4 Å². The van der Waals surface area contributed by atoms with Crippen molar-refractivity contribution in [2.24, 2.45) is 0 Å². The summed E-state index contributed by atoms with van der Waals surface area (Å²) in [7, 11) is 0. The fourth-order valence-corrected chi connectivity index (χ4v) is 10.4. The molecule has 3 heteroatoms. The second-order valence-electron chi connectivity index (χ2n) is 13.7. The van der Waals surface area contributed by atoms with Gasteiger partial charge in [0.1, 0.15) is 0 Å². The lowest BCUT2D eigenvalue weighted by molar-refractivity contribution is 1.31. The molecule has 0 bridgehead atoms. The van der Waals surface area contributed by atoms with E-state index in [4.69, 9.17) is 0 Å². The van der Waals surface area contributed by atoms with Gasteiger partial charge in [-0.2, -0.15) is 0 Å². The third-order valence-electron chi connectivity index (χ3n) is 10.6. The van der Waals surface area contributed by atoms with Crippen LogP contribution in [0.4, 0.5) is 17.1 Å². The Kier molecular flexibility index (Phi) is 6.97. The van der Waals surface area contributed by atoms with Gasteiger partial charge in [-0.25, -0.2) is 0 Å². The summed E-state index contributed by atoms with van der Waals surface area (Å²) in [5, 5.41) is 10.3. The van der Waals surface area contributed by atoms with Crippen molar-refractivity contribution in [3.8, 4) is 22.3 Å². The van der Waals surface area contributed by atoms with Crippen LogP contribution in [0.1, 0.15) is 0 Å². The minimum atomic E-state index is 1.13. The van der Waals surface area contributed by atoms with Crippen molar-refractivity contribution in [1.29, 1.82) is 0 Å². The van der Waals surface area contributed by atoms with Gasteiger partial charge in [0.15, 0.2) is 0 Å². The second kappa shape index (κ2) is 12.2. The summed E-state index contributed by atoms with van der Waals surface area (Å²) in [4.78, 5) is 2.47. The van der Waals surface area contributed by atoms with Crippen molar-refractivity contribution in [2.45, 2.75) is 0 Å². The largest absolute Gasteiger partial charge is 0.309 e. The van der Waals surface area contributed by atoms with Crippen LogP contribution in [-0.4, -0.2) is 0 Å². The first-order chi connectivity index (χ1) is 26.2. The van der Waals surface area contributed by atoms with Crippen molar-refractivity contribution in [1.82, 2.24) is 0 Å². The first-order valence-corrected chi connectivity index (χ1v) is 19.6. The maximum Gasteiger partial charge on any atom is 0.0640 e. The van der Waals surface area contributed by atoms with Crippen LogP contribution in [0.5, 0.6) is 0 Å². The summed E-state index contributed by atoms with van der Waals surface area (Å²) in [6.07, 6.45) is 0. The summed E-state index contributed by atoms with van der Waals surface area (Å²) in [6, 6.07) is 69.3. The predicted octanol–water partition coefficient (Wildman–Crippen LogP) is 15.5. The van der Waals surface area contributed by atoms with Gasteiger partial charge < -0.3 is 4.90 Å². The van der Waals surface area contributed by atoms with Crippen LogP contribution in [0.25, 0.3) is 84.1 Å². The lowest BCUT2D eigenvalue weighted by atomic mass is 9.96. The number of hydrogen-bond donors (Lipinski definition) is 0. The van der Waals surface area contributed by atoms with E-state index in [9.17, 15) is 0 Å². The van der Waals surface area contributed by atoms with Crippen LogP contribution in [-0.2, 0) is 0 Å². The van der Waals surface area contributed by atoms with E-state index in [2.05, 4.69) is 193 Å². The predicted molar refractivity (Wildman–Crippen MR) is 233 cm³/mol. The number of thiophene rings is 2. The third kappa shape index (κ3) is 5.04. The Morgan fingerprint density at radius 1 is 0.340 bits per heavy atom. The number of hydrogen-bond acceptors (Lipinski definition) is 3. The molecule has 11 aromatic rings. The molecule has 0 amide bonds. The molecule has 0 aliphatic rings. The highest BCUT2D eigenvalue weighted by molar-refractivity contribution is 7.26. The number of anilines is 3. The first kappa shape index (κ1) is 30.4. The zero-order chi connectivity index (χ0) is 34.9. The van der Waals surface area contributed by atoms with E-state index in [1.807, 2.05) is 22.7 Å². The van der Waals surface area contributed by atoms with E-state index >= 15 is 0 Å². The van der Waals surface area contributed by atoms with Gasteiger partial charge in [-0.3, -0.25) is 0 Å². The van der Waals surface area contributed by atoms with Gasteiger partial charge in [-0.15, -0.1) is 22.7 Å². The highest BCUT2D eigenvalue weighted by Gasteiger charge is 2.22. The molecule has 0 fully saturated rings. The smallest absolute Gasteiger partial charge is 0.0640 e. The zero-order valence-electron chi connectivity index (χ0n) is 28.7. The van der Waals surface area contributed by atoms with E-state index in [0.29, 0.717) is 0 Å². The molecule has 2 aromatic heterocycles. The molecular weight excluding hydrogens is 679 g/mol. The van der Waals surface area contributed by atoms with Crippen molar-refractivity contribution in [2.75, 3.05) is 4.90 Å². The Morgan fingerprint density at radius 2 is 0.906 bits per heavy atom. The van der Waals surface area contributed by atoms with Crippen LogP contribution in [0.15, 0.2) is 188 Å². The molecule has 0 atom stereocenters. The van der Waals surface area contributed by atoms with Crippen LogP contribution >= 0.6 is 22.7 Å². The molecule has 0 N–H and O–H groups in total. The molecular formula is C50H31NS2. The quantitative estimate of drug-likeness (QED) is 0.172. The molecule has 11 rings (SSSR count). The molecule has 0 unspecified atom stereocenters. The van der Waals surface area contributed by atoms with Crippen molar-refractivity contribution in [3.05, 3.63) is 188 Å². The summed E-state index contributed by atoms with van der Waals surface area (Å²) >= 11 is 3.76. The van der Waals surface area contributed by atoms with Crippen molar-refractivity contribution >= 4 is 102 Å². The molecule has 248 valence electrons. The highest BCUT2D eigenvalue weighted by Crippen LogP contribution is 2.49. The molecule has 0 aliphatic heterocycles. The normalized spacial score (nSPS) is 11.8. The average Bonchev–Trinajstić information content (AvgIpc) is 3.80. The van der Waals surface area contributed by atoms with E-state index < -0.39 is 0 Å². The van der Waals surface area contributed by atoms with Crippen molar-refractivity contribution < 1.29 is 0 Å². The molecule has 0 radical (unpaired) electrons. The SMILES string of the molecule is c1ccc2cc(-c3ccc(N(c4ccc5c(c4)sc4ccccc45)c4ccc(-c5ccc6ccccc6c5)c5c4sc4ccccc45)cc3)ccc2c1. The van der Waals surface area contributed by atoms with Gasteiger partial charge in [0.2, 0.25) is 0 Å². The molecule has 0 saturated carbocycles. The van der Waals surface area contributed by atoms with Crippen LogP contribution in [0.3, 0.4) is 0 Å². The van der Waals surface area contributed by atoms with Crippen LogP contribution in [0, 0.1) is 0 Å². The number of nitrogens with zero attached hydrogens (tertiary/aromatic N) is 1. The van der Waals surface area contributed by atoms with E-state index in [1.165, 1.54) is 89.8 Å². The summed E-state index contributed by atoms with van der Waals surface area (Å²) in [5.74, 6) is 0. The molecule has 0 saturated heterocycles. The fourth-order valence-electron chi connectivity index (χ4n) is 8.04. The van der Waals surface area contributed by atoms with Gasteiger partial charge in [-0.1, -0.05) is 133 Å². The monoisotopic (exact) mass is 709 g/mol. The molecule has 0 aliphatic carbocycles. The minimum absolute atomic E-state index is 1.13. The average molecular weight is 710 g/mol. The van der Waals surface area contributed by atoms with E-state index in [1.54, 1.807) is 0 Å². The topological polar surface area (TPSA) is 3.24 Å². The maximum absolute atomic E-state index is 2.47. The standard InChI is InChI=1S/C50H31NS2/c1-3-11-35-29-37(19-17-32(35)9-1)34-21-23-39(24-22-34)51(40-25-26-43-42-13-5-7-15-46(42)52-48(43)31-40)45-28-27-41(38-20-18-33-10-2-4-12-36(33)30-38)49-44-14-6-8-16-47(44)53-50(45)49/h1-31H. The minimum Gasteiger partial charge on any atom is -0.309 e. The van der Waals surface area contributed by atoms with Gasteiger partial charge in [-0.05, 0) is 98.4 Å². The Balaban J connectivity index is 1.13. The van der Waals surface area contributed by atoms with Crippen molar-refractivity contribution in [3.63, 3.8) is 0 Å². The van der Waals surface area contributed by atoms with E-state index in [0.717, 1.165) is 11.4 Å². The molecule has 2 heterocycles. The first-order valence-electron chi connectivity index (χ1n) is 18.0. The van der Waals surface area contributed by atoms with Crippen LogP contribution in [0.2, 0.25) is 0 Å². The third-order valence-corrected chi connectivity index (χ3v) is 13.0. The maximum atomic E-state index is 2.47. The number of rotatable bonds is 5. The lowest BCUT2D eigenvalue weighted by Crippen LogP contribution is -2.10. The Morgan fingerprint density at radius 3 is 1.66 bits per heavy atom. The Bertz CT molecular complexity index is 3180. The highest BCUT2D eigenvalue weighted by atomic mass is 32.1. The lowest BCUT2D eigenvalue weighted by Gasteiger charge is -2.27. The van der Waals surface area contributed by atoms with Crippen LogP contribution < -0.4 is 4.90 Å². The summed E-state index contributed by atoms with van der Waals surface area (Å²) < 4.78 is 5.19. The fraction of sp³-hybridized carbons (Fsp3) is 0. The second-order valence-corrected chi connectivity index (χ2v) is 15.9. The van der Waals surface area contributed by atoms with Gasteiger partial charge in [0, 0.05) is 47.0 Å². The Hall–Kier alpha value is -6.26. The summed E-state index contributed by atoms with van der Waals surface area (Å²) in [5.41, 5.74) is 8.40. The zero-order valence-corrected chi connectivity index (χ0v) is 30.3. The number of fused-ring (bicyclic) bond motifs is 8. The van der Waals surface area contributed by atoms with Gasteiger partial charge >= 0.3 is 0 Å². The number of benzene rings is 9. The molecule has 1 nitrogen and oxygen atoms in total. The molecule has 53 heavy (non-hydrogen) atoms. The Labute approximate surface area is 315 Å².